The first-order valence-corrected chi connectivity index (χ1v) is 6.80. The van der Waals surface area contributed by atoms with Crippen molar-refractivity contribution >= 4 is 16.8 Å². The first kappa shape index (κ1) is 13.1. The smallest absolute Gasteiger partial charge is 0.265 e. The van der Waals surface area contributed by atoms with Crippen molar-refractivity contribution in [2.45, 2.75) is 0 Å². The predicted octanol–water partition coefficient (Wildman–Crippen LogP) is 0.465. The van der Waals surface area contributed by atoms with E-state index in [9.17, 15) is 4.79 Å². The van der Waals surface area contributed by atoms with E-state index in [1.54, 1.807) is 4.68 Å². The number of hydrogen-bond donors (Lipinski definition) is 1. The van der Waals surface area contributed by atoms with Crippen molar-refractivity contribution in [2.75, 3.05) is 33.2 Å². The topological polar surface area (TPSA) is 53.4 Å². The minimum absolute atomic E-state index is 0.0675. The van der Waals surface area contributed by atoms with E-state index >= 15 is 0 Å². The fraction of sp³-hybridized carbons (Fsp3) is 0.429. The second-order valence-corrected chi connectivity index (χ2v) is 5.31. The van der Waals surface area contributed by atoms with Crippen molar-refractivity contribution in [3.8, 4) is 0 Å². The van der Waals surface area contributed by atoms with Gasteiger partial charge in [0.15, 0.2) is 0 Å². The SMILES string of the molecule is CN1CCN(NC(=O)c2ccc3cn(C)nc3c2)CC1. The third kappa shape index (κ3) is 2.66. The van der Waals surface area contributed by atoms with Gasteiger partial charge in [0, 0.05) is 50.4 Å². The number of carbonyl (C=O) groups is 1. The monoisotopic (exact) mass is 273 g/mol. The summed E-state index contributed by atoms with van der Waals surface area (Å²) in [4.78, 5) is 14.5. The maximum atomic E-state index is 12.2. The van der Waals surface area contributed by atoms with Gasteiger partial charge in [-0.1, -0.05) is 6.07 Å². The number of nitrogens with zero attached hydrogens (tertiary/aromatic N) is 4. The Bertz CT molecular complexity index is 628. The summed E-state index contributed by atoms with van der Waals surface area (Å²) in [7, 11) is 3.97. The Hall–Kier alpha value is -1.92. The molecule has 0 bridgehead atoms. The van der Waals surface area contributed by atoms with Crippen LogP contribution in [0, 0.1) is 0 Å². The van der Waals surface area contributed by atoms with Crippen LogP contribution >= 0.6 is 0 Å². The number of aromatic nitrogens is 2. The van der Waals surface area contributed by atoms with Gasteiger partial charge >= 0.3 is 0 Å². The van der Waals surface area contributed by atoms with Crippen LogP contribution in [0.5, 0.6) is 0 Å². The highest BCUT2D eigenvalue weighted by atomic mass is 16.2. The zero-order valence-electron chi connectivity index (χ0n) is 11.8. The lowest BCUT2D eigenvalue weighted by Gasteiger charge is -2.32. The van der Waals surface area contributed by atoms with Gasteiger partial charge in [-0.15, -0.1) is 0 Å². The van der Waals surface area contributed by atoms with Gasteiger partial charge in [-0.25, -0.2) is 5.01 Å². The van der Waals surface area contributed by atoms with Crippen LogP contribution in [0.4, 0.5) is 0 Å². The van der Waals surface area contributed by atoms with Crippen LogP contribution in [0.25, 0.3) is 10.9 Å². The molecule has 3 rings (SSSR count). The Morgan fingerprint density at radius 1 is 1.20 bits per heavy atom. The first-order chi connectivity index (χ1) is 9.61. The summed E-state index contributed by atoms with van der Waals surface area (Å²) in [5.41, 5.74) is 4.45. The first-order valence-electron chi connectivity index (χ1n) is 6.80. The largest absolute Gasteiger partial charge is 0.304 e. The number of piperazine rings is 1. The molecule has 1 aromatic carbocycles. The molecule has 2 aromatic rings. The van der Waals surface area contributed by atoms with E-state index in [0.29, 0.717) is 5.56 Å². The quantitative estimate of drug-likeness (QED) is 0.864. The molecule has 1 aliphatic heterocycles. The van der Waals surface area contributed by atoms with E-state index in [-0.39, 0.29) is 5.91 Å². The number of hydrazine groups is 1. The molecule has 0 atom stereocenters. The van der Waals surface area contributed by atoms with E-state index in [1.807, 2.05) is 36.5 Å². The fourth-order valence-electron chi connectivity index (χ4n) is 2.41. The molecule has 0 aliphatic carbocycles. The third-order valence-electron chi connectivity index (χ3n) is 3.65. The van der Waals surface area contributed by atoms with Crippen molar-refractivity contribution < 1.29 is 4.79 Å². The van der Waals surface area contributed by atoms with E-state index in [2.05, 4.69) is 22.5 Å². The number of amides is 1. The summed E-state index contributed by atoms with van der Waals surface area (Å²) in [5, 5.41) is 7.35. The van der Waals surface area contributed by atoms with Gasteiger partial charge in [0.1, 0.15) is 0 Å². The lowest BCUT2D eigenvalue weighted by atomic mass is 10.1. The van der Waals surface area contributed by atoms with Gasteiger partial charge in [0.05, 0.1) is 5.52 Å². The highest BCUT2D eigenvalue weighted by molar-refractivity contribution is 5.97. The second kappa shape index (κ2) is 5.22. The van der Waals surface area contributed by atoms with Gasteiger partial charge in [0.2, 0.25) is 0 Å². The summed E-state index contributed by atoms with van der Waals surface area (Å²) in [6, 6.07) is 5.61. The molecular formula is C14H19N5O. The molecule has 6 nitrogen and oxygen atoms in total. The second-order valence-electron chi connectivity index (χ2n) is 5.31. The molecule has 1 aliphatic rings. The average molecular weight is 273 g/mol. The van der Waals surface area contributed by atoms with E-state index < -0.39 is 0 Å². The summed E-state index contributed by atoms with van der Waals surface area (Å²) in [5.74, 6) is -0.0675. The molecule has 20 heavy (non-hydrogen) atoms. The number of aryl methyl sites for hydroxylation is 1. The van der Waals surface area contributed by atoms with E-state index in [1.165, 1.54) is 0 Å². The molecule has 1 N–H and O–H groups in total. The Balaban J connectivity index is 1.71. The summed E-state index contributed by atoms with van der Waals surface area (Å²) in [6.45, 7) is 3.65. The minimum atomic E-state index is -0.0675. The van der Waals surface area contributed by atoms with Gasteiger partial charge < -0.3 is 4.90 Å². The van der Waals surface area contributed by atoms with E-state index in [0.717, 1.165) is 37.1 Å². The third-order valence-corrected chi connectivity index (χ3v) is 3.65. The number of benzene rings is 1. The zero-order chi connectivity index (χ0) is 14.1. The number of fused-ring (bicyclic) bond motifs is 1. The molecule has 1 fully saturated rings. The van der Waals surface area contributed by atoms with Crippen molar-refractivity contribution in [3.63, 3.8) is 0 Å². The van der Waals surface area contributed by atoms with Crippen LogP contribution < -0.4 is 5.43 Å². The van der Waals surface area contributed by atoms with Crippen LogP contribution in [-0.2, 0) is 7.05 Å². The Kier molecular flexibility index (Phi) is 3.42. The Morgan fingerprint density at radius 2 is 1.95 bits per heavy atom. The number of hydrogen-bond acceptors (Lipinski definition) is 4. The molecular weight excluding hydrogens is 254 g/mol. The lowest BCUT2D eigenvalue weighted by molar-refractivity contribution is 0.0662. The number of nitrogens with one attached hydrogen (secondary N) is 1. The van der Waals surface area contributed by atoms with Crippen LogP contribution in [0.2, 0.25) is 0 Å². The summed E-state index contributed by atoms with van der Waals surface area (Å²) < 4.78 is 1.76. The highest BCUT2D eigenvalue weighted by Gasteiger charge is 2.16. The maximum Gasteiger partial charge on any atom is 0.265 e. The van der Waals surface area contributed by atoms with Crippen molar-refractivity contribution in [3.05, 3.63) is 30.0 Å². The molecule has 1 saturated heterocycles. The van der Waals surface area contributed by atoms with Crippen LogP contribution in [-0.4, -0.2) is 58.8 Å². The highest BCUT2D eigenvalue weighted by Crippen LogP contribution is 2.14. The van der Waals surface area contributed by atoms with Crippen LogP contribution in [0.15, 0.2) is 24.4 Å². The summed E-state index contributed by atoms with van der Waals surface area (Å²) in [6.07, 6.45) is 1.94. The molecule has 0 spiro atoms. The molecule has 6 heteroatoms. The Labute approximate surface area is 117 Å². The number of likely N-dealkylation sites (N-methyl/N-ethyl adjacent to an activating group) is 1. The standard InChI is InChI=1S/C14H19N5O/c1-17-5-7-19(8-6-17)16-14(20)11-3-4-12-10-18(2)15-13(12)9-11/h3-4,9-10H,5-8H2,1-2H3,(H,16,20). The van der Waals surface area contributed by atoms with Crippen LogP contribution in [0.1, 0.15) is 10.4 Å². The van der Waals surface area contributed by atoms with Crippen molar-refractivity contribution in [2.24, 2.45) is 7.05 Å². The van der Waals surface area contributed by atoms with Gasteiger partial charge in [-0.3, -0.25) is 14.9 Å². The predicted molar refractivity (Wildman–Crippen MR) is 77.3 cm³/mol. The average Bonchev–Trinajstić information content (AvgIpc) is 2.80. The molecule has 1 amide bonds. The number of carbonyl (C=O) groups excluding carboxylic acids is 1. The maximum absolute atomic E-state index is 12.2. The Morgan fingerprint density at radius 3 is 2.70 bits per heavy atom. The molecule has 2 heterocycles. The van der Waals surface area contributed by atoms with E-state index in [4.69, 9.17) is 0 Å². The van der Waals surface area contributed by atoms with Crippen molar-refractivity contribution in [1.29, 1.82) is 0 Å². The molecule has 106 valence electrons. The number of rotatable bonds is 2. The zero-order valence-corrected chi connectivity index (χ0v) is 11.8. The molecule has 0 saturated carbocycles. The van der Waals surface area contributed by atoms with Gasteiger partial charge in [0.25, 0.3) is 5.91 Å². The van der Waals surface area contributed by atoms with Crippen LogP contribution in [0.3, 0.4) is 0 Å². The fourth-order valence-corrected chi connectivity index (χ4v) is 2.41. The normalized spacial score (nSPS) is 17.5. The molecule has 1 aromatic heterocycles. The van der Waals surface area contributed by atoms with Crippen molar-refractivity contribution in [1.82, 2.24) is 25.1 Å². The minimum Gasteiger partial charge on any atom is -0.304 e. The molecule has 0 unspecified atom stereocenters. The summed E-state index contributed by atoms with van der Waals surface area (Å²) >= 11 is 0. The lowest BCUT2D eigenvalue weighted by Crippen LogP contribution is -2.52. The van der Waals surface area contributed by atoms with Gasteiger partial charge in [-0.05, 0) is 19.2 Å². The van der Waals surface area contributed by atoms with Gasteiger partial charge in [-0.2, -0.15) is 5.10 Å². The molecule has 0 radical (unpaired) electrons.